The molecule has 4 heteroatoms. The van der Waals surface area contributed by atoms with Crippen LogP contribution in [0.1, 0.15) is 38.5 Å². The van der Waals surface area contributed by atoms with Crippen molar-refractivity contribution in [3.05, 3.63) is 0 Å². The summed E-state index contributed by atoms with van der Waals surface area (Å²) in [4.78, 5) is 14.4. The lowest BCUT2D eigenvalue weighted by Gasteiger charge is -2.37. The van der Waals surface area contributed by atoms with Crippen LogP contribution in [0.2, 0.25) is 0 Å². The lowest BCUT2D eigenvalue weighted by atomic mass is 9.92. The molecule has 4 nitrogen and oxygen atoms in total. The number of amides is 2. The molecule has 3 aliphatic rings. The van der Waals surface area contributed by atoms with E-state index in [1.165, 1.54) is 38.5 Å². The summed E-state index contributed by atoms with van der Waals surface area (Å²) in [6, 6.07) is 1.08. The molecule has 0 aromatic carbocycles. The summed E-state index contributed by atoms with van der Waals surface area (Å²) in [7, 11) is 0. The maximum atomic E-state index is 12.3. The fourth-order valence-corrected chi connectivity index (χ4v) is 3.65. The van der Waals surface area contributed by atoms with E-state index in [0.29, 0.717) is 18.0 Å². The molecule has 2 amide bonds. The fourth-order valence-electron chi connectivity index (χ4n) is 3.65. The fraction of sp³-hybridized carbons (Fsp3) is 0.923. The predicted octanol–water partition coefficient (Wildman–Crippen LogP) is 1.32. The molecule has 2 saturated heterocycles. The van der Waals surface area contributed by atoms with Crippen LogP contribution in [0.5, 0.6) is 0 Å². The summed E-state index contributed by atoms with van der Waals surface area (Å²) in [5.41, 5.74) is 0. The van der Waals surface area contributed by atoms with Crippen molar-refractivity contribution in [1.82, 2.24) is 15.5 Å². The average molecular weight is 237 g/mol. The Morgan fingerprint density at radius 3 is 2.76 bits per heavy atom. The van der Waals surface area contributed by atoms with E-state index in [1.54, 1.807) is 0 Å². The second-order valence-electron chi connectivity index (χ2n) is 5.75. The number of likely N-dealkylation sites (tertiary alicyclic amines) is 1. The van der Waals surface area contributed by atoms with Crippen LogP contribution in [0.4, 0.5) is 4.79 Å². The molecule has 3 rings (SSSR count). The van der Waals surface area contributed by atoms with Gasteiger partial charge in [-0.1, -0.05) is 12.8 Å². The van der Waals surface area contributed by atoms with Gasteiger partial charge < -0.3 is 15.5 Å². The van der Waals surface area contributed by atoms with Crippen LogP contribution < -0.4 is 10.6 Å². The van der Waals surface area contributed by atoms with Crippen LogP contribution in [-0.2, 0) is 0 Å². The summed E-state index contributed by atoms with van der Waals surface area (Å²) in [5.74, 6) is 0.693. The third-order valence-electron chi connectivity index (χ3n) is 4.62. The van der Waals surface area contributed by atoms with Gasteiger partial charge in [0, 0.05) is 31.7 Å². The zero-order chi connectivity index (χ0) is 11.7. The molecule has 2 aliphatic heterocycles. The summed E-state index contributed by atoms with van der Waals surface area (Å²) in [5, 5.41) is 6.64. The van der Waals surface area contributed by atoms with Gasteiger partial charge in [0.25, 0.3) is 0 Å². The first-order valence-electron chi connectivity index (χ1n) is 7.12. The largest absolute Gasteiger partial charge is 0.335 e. The van der Waals surface area contributed by atoms with Gasteiger partial charge in [-0.05, 0) is 31.6 Å². The van der Waals surface area contributed by atoms with Crippen LogP contribution in [0.15, 0.2) is 0 Å². The minimum absolute atomic E-state index is 0.190. The number of nitrogens with one attached hydrogen (secondary N) is 2. The number of hydrogen-bond acceptors (Lipinski definition) is 2. The van der Waals surface area contributed by atoms with Crippen molar-refractivity contribution >= 4 is 6.03 Å². The van der Waals surface area contributed by atoms with Crippen molar-refractivity contribution in [1.29, 1.82) is 0 Å². The highest BCUT2D eigenvalue weighted by Crippen LogP contribution is 2.27. The normalized spacial score (nSPS) is 33.8. The van der Waals surface area contributed by atoms with E-state index in [4.69, 9.17) is 0 Å². The highest BCUT2D eigenvalue weighted by atomic mass is 16.2. The van der Waals surface area contributed by atoms with Gasteiger partial charge >= 0.3 is 6.03 Å². The van der Waals surface area contributed by atoms with Crippen LogP contribution >= 0.6 is 0 Å². The van der Waals surface area contributed by atoms with Gasteiger partial charge in [-0.2, -0.15) is 0 Å². The van der Waals surface area contributed by atoms with E-state index in [1.807, 2.05) is 0 Å². The van der Waals surface area contributed by atoms with Crippen LogP contribution in [0.3, 0.4) is 0 Å². The smallest absolute Gasteiger partial charge is 0.317 e. The van der Waals surface area contributed by atoms with Crippen molar-refractivity contribution in [3.8, 4) is 0 Å². The molecule has 1 aliphatic carbocycles. The predicted molar refractivity (Wildman–Crippen MR) is 66.9 cm³/mol. The quantitative estimate of drug-likeness (QED) is 0.722. The Labute approximate surface area is 103 Å². The first-order chi connectivity index (χ1) is 8.34. The molecule has 2 N–H and O–H groups in total. The average Bonchev–Trinajstić information content (AvgIpc) is 2.97. The number of urea groups is 1. The molecule has 17 heavy (non-hydrogen) atoms. The third-order valence-corrected chi connectivity index (χ3v) is 4.62. The van der Waals surface area contributed by atoms with Crippen molar-refractivity contribution < 1.29 is 4.79 Å². The first-order valence-corrected chi connectivity index (χ1v) is 7.12. The number of nitrogens with zero attached hydrogens (tertiary/aromatic N) is 1. The number of carbonyl (C=O) groups excluding carboxylic acids is 1. The summed E-state index contributed by atoms with van der Waals surface area (Å²) in [6.07, 6.45) is 7.35. The topological polar surface area (TPSA) is 44.4 Å². The van der Waals surface area contributed by atoms with Crippen molar-refractivity contribution in [2.75, 3.05) is 19.6 Å². The number of piperidine rings is 1. The Morgan fingerprint density at radius 2 is 1.94 bits per heavy atom. The van der Waals surface area contributed by atoms with Gasteiger partial charge in [-0.15, -0.1) is 0 Å². The summed E-state index contributed by atoms with van der Waals surface area (Å²) < 4.78 is 0. The highest BCUT2D eigenvalue weighted by molar-refractivity contribution is 5.75. The van der Waals surface area contributed by atoms with E-state index in [2.05, 4.69) is 15.5 Å². The molecular formula is C13H23N3O. The molecule has 2 heterocycles. The highest BCUT2D eigenvalue weighted by Gasteiger charge is 2.37. The van der Waals surface area contributed by atoms with Crippen LogP contribution in [-0.4, -0.2) is 42.6 Å². The lowest BCUT2D eigenvalue weighted by molar-refractivity contribution is 0.134. The third kappa shape index (κ3) is 2.28. The van der Waals surface area contributed by atoms with Crippen LogP contribution in [0, 0.1) is 5.92 Å². The molecule has 3 fully saturated rings. The molecule has 0 radical (unpaired) electrons. The van der Waals surface area contributed by atoms with E-state index in [0.717, 1.165) is 19.6 Å². The second kappa shape index (κ2) is 4.84. The Hall–Kier alpha value is -0.770. The second-order valence-corrected chi connectivity index (χ2v) is 5.75. The molecule has 96 valence electrons. The van der Waals surface area contributed by atoms with Gasteiger partial charge in [-0.3, -0.25) is 0 Å². The van der Waals surface area contributed by atoms with Crippen molar-refractivity contribution in [2.24, 2.45) is 5.92 Å². The van der Waals surface area contributed by atoms with E-state index >= 15 is 0 Å². The minimum atomic E-state index is 0.190. The maximum absolute atomic E-state index is 12.3. The van der Waals surface area contributed by atoms with Gasteiger partial charge in [0.15, 0.2) is 0 Å². The Kier molecular flexibility index (Phi) is 3.23. The summed E-state index contributed by atoms with van der Waals surface area (Å²) >= 11 is 0. The van der Waals surface area contributed by atoms with Gasteiger partial charge in [0.1, 0.15) is 0 Å². The number of fused-ring (bicyclic) bond motifs is 1. The summed E-state index contributed by atoms with van der Waals surface area (Å²) in [6.45, 7) is 3.03. The van der Waals surface area contributed by atoms with Crippen molar-refractivity contribution in [2.45, 2.75) is 50.6 Å². The van der Waals surface area contributed by atoms with Gasteiger partial charge in [0.05, 0.1) is 0 Å². The lowest BCUT2D eigenvalue weighted by Crippen LogP contribution is -2.53. The molecule has 1 saturated carbocycles. The monoisotopic (exact) mass is 237 g/mol. The zero-order valence-electron chi connectivity index (χ0n) is 10.5. The van der Waals surface area contributed by atoms with Gasteiger partial charge in [-0.25, -0.2) is 4.79 Å². The minimum Gasteiger partial charge on any atom is -0.335 e. The van der Waals surface area contributed by atoms with Crippen molar-refractivity contribution in [3.63, 3.8) is 0 Å². The molecule has 0 aromatic heterocycles. The molecule has 0 spiro atoms. The Balaban J connectivity index is 1.59. The van der Waals surface area contributed by atoms with Crippen LogP contribution in [0.25, 0.3) is 0 Å². The maximum Gasteiger partial charge on any atom is 0.317 e. The number of carbonyl (C=O) groups is 1. The van der Waals surface area contributed by atoms with E-state index < -0.39 is 0 Å². The molecule has 0 bridgehead atoms. The molecule has 0 aromatic rings. The SMILES string of the molecule is O=C(NC1CCCC1)N1CCCC2CNCC21. The molecular weight excluding hydrogens is 214 g/mol. The standard InChI is InChI=1S/C13H23N3O/c17-13(15-11-5-1-2-6-11)16-7-3-4-10-8-14-9-12(10)16/h10-12,14H,1-9H2,(H,15,17). The molecule has 2 atom stereocenters. The Morgan fingerprint density at radius 1 is 1.12 bits per heavy atom. The number of hydrogen-bond donors (Lipinski definition) is 2. The van der Waals surface area contributed by atoms with Gasteiger partial charge in [0.2, 0.25) is 0 Å². The first kappa shape index (κ1) is 11.3. The zero-order valence-corrected chi connectivity index (χ0v) is 10.5. The molecule has 2 unspecified atom stereocenters. The van der Waals surface area contributed by atoms with E-state index in [-0.39, 0.29) is 6.03 Å². The van der Waals surface area contributed by atoms with E-state index in [9.17, 15) is 4.79 Å². The number of rotatable bonds is 1. The Bertz CT molecular complexity index is 288.